The number of aromatic nitrogens is 3. The standard InChI is InChI=1S/C22H21N3O/c1-2-20(26)15-25-11-10-22(24-25)18-8-5-7-16(12-18)19-13-17-6-3-4-9-21(17)23-14-19/h3-14,20,26H,2,15H2,1H3. The topological polar surface area (TPSA) is 50.9 Å². The Morgan fingerprint density at radius 2 is 1.81 bits per heavy atom. The maximum atomic E-state index is 9.80. The summed E-state index contributed by atoms with van der Waals surface area (Å²) in [5.74, 6) is 0. The zero-order valence-electron chi connectivity index (χ0n) is 14.7. The number of hydrogen-bond donors (Lipinski definition) is 1. The molecule has 4 heteroatoms. The van der Waals surface area contributed by atoms with Gasteiger partial charge >= 0.3 is 0 Å². The first-order chi connectivity index (χ1) is 12.7. The molecule has 0 saturated heterocycles. The first kappa shape index (κ1) is 16.5. The molecule has 0 aliphatic rings. The highest BCUT2D eigenvalue weighted by molar-refractivity contribution is 5.84. The Bertz CT molecular complexity index is 1040. The molecule has 0 aliphatic heterocycles. The number of rotatable bonds is 5. The number of fused-ring (bicyclic) bond motifs is 1. The van der Waals surface area contributed by atoms with Crippen LogP contribution in [0.1, 0.15) is 13.3 Å². The van der Waals surface area contributed by atoms with Gasteiger partial charge in [-0.05, 0) is 36.2 Å². The molecule has 0 amide bonds. The number of para-hydroxylation sites is 1. The summed E-state index contributed by atoms with van der Waals surface area (Å²) in [6.45, 7) is 2.49. The van der Waals surface area contributed by atoms with Gasteiger partial charge in [0.1, 0.15) is 0 Å². The molecule has 1 unspecified atom stereocenters. The zero-order valence-corrected chi connectivity index (χ0v) is 14.7. The summed E-state index contributed by atoms with van der Waals surface area (Å²) in [5.41, 5.74) is 5.17. The molecule has 4 rings (SSSR count). The average Bonchev–Trinajstić information content (AvgIpc) is 3.16. The van der Waals surface area contributed by atoms with Crippen LogP contribution in [0.4, 0.5) is 0 Å². The number of aliphatic hydroxyl groups excluding tert-OH is 1. The Hall–Kier alpha value is -2.98. The Kier molecular flexibility index (Phi) is 4.50. The highest BCUT2D eigenvalue weighted by atomic mass is 16.3. The van der Waals surface area contributed by atoms with E-state index in [4.69, 9.17) is 0 Å². The van der Waals surface area contributed by atoms with Crippen molar-refractivity contribution in [1.82, 2.24) is 14.8 Å². The fourth-order valence-electron chi connectivity index (χ4n) is 3.05. The van der Waals surface area contributed by atoms with E-state index in [9.17, 15) is 5.11 Å². The number of aliphatic hydroxyl groups is 1. The van der Waals surface area contributed by atoms with Crippen LogP contribution in [0, 0.1) is 0 Å². The van der Waals surface area contributed by atoms with E-state index in [1.165, 1.54) is 0 Å². The lowest BCUT2D eigenvalue weighted by molar-refractivity contribution is 0.145. The lowest BCUT2D eigenvalue weighted by Crippen LogP contribution is -2.14. The molecule has 4 aromatic rings. The van der Waals surface area contributed by atoms with Crippen molar-refractivity contribution in [2.45, 2.75) is 26.0 Å². The van der Waals surface area contributed by atoms with Crippen LogP contribution < -0.4 is 0 Å². The summed E-state index contributed by atoms with van der Waals surface area (Å²) in [4.78, 5) is 4.56. The minimum Gasteiger partial charge on any atom is -0.391 e. The lowest BCUT2D eigenvalue weighted by atomic mass is 10.0. The van der Waals surface area contributed by atoms with Crippen LogP contribution in [-0.2, 0) is 6.54 Å². The third-order valence-electron chi connectivity index (χ3n) is 4.59. The van der Waals surface area contributed by atoms with Crippen molar-refractivity contribution in [3.05, 3.63) is 73.1 Å². The molecular weight excluding hydrogens is 322 g/mol. The Labute approximate surface area is 152 Å². The molecule has 0 bridgehead atoms. The van der Waals surface area contributed by atoms with E-state index < -0.39 is 0 Å². The molecule has 2 aromatic carbocycles. The molecule has 1 N–H and O–H groups in total. The predicted molar refractivity (Wildman–Crippen MR) is 105 cm³/mol. The molecule has 2 aromatic heterocycles. The van der Waals surface area contributed by atoms with Crippen LogP contribution in [0.2, 0.25) is 0 Å². The van der Waals surface area contributed by atoms with Gasteiger partial charge in [-0.3, -0.25) is 9.67 Å². The molecule has 130 valence electrons. The largest absolute Gasteiger partial charge is 0.391 e. The predicted octanol–water partition coefficient (Wildman–Crippen LogP) is 4.54. The van der Waals surface area contributed by atoms with Crippen molar-refractivity contribution in [3.8, 4) is 22.4 Å². The van der Waals surface area contributed by atoms with E-state index in [1.54, 1.807) is 4.68 Å². The van der Waals surface area contributed by atoms with Gasteiger partial charge in [0, 0.05) is 28.9 Å². The first-order valence-electron chi connectivity index (χ1n) is 8.90. The van der Waals surface area contributed by atoms with Gasteiger partial charge in [0.05, 0.1) is 23.9 Å². The highest BCUT2D eigenvalue weighted by Crippen LogP contribution is 2.27. The van der Waals surface area contributed by atoms with Crippen molar-refractivity contribution in [2.24, 2.45) is 0 Å². The van der Waals surface area contributed by atoms with Gasteiger partial charge in [-0.1, -0.05) is 43.3 Å². The normalized spacial score (nSPS) is 12.4. The fourth-order valence-corrected chi connectivity index (χ4v) is 3.05. The van der Waals surface area contributed by atoms with Crippen molar-refractivity contribution >= 4 is 10.9 Å². The van der Waals surface area contributed by atoms with Gasteiger partial charge in [0.15, 0.2) is 0 Å². The molecule has 1 atom stereocenters. The van der Waals surface area contributed by atoms with E-state index in [0.717, 1.165) is 39.7 Å². The maximum absolute atomic E-state index is 9.80. The van der Waals surface area contributed by atoms with E-state index in [2.05, 4.69) is 40.4 Å². The Morgan fingerprint density at radius 3 is 2.69 bits per heavy atom. The van der Waals surface area contributed by atoms with Crippen molar-refractivity contribution in [2.75, 3.05) is 0 Å². The summed E-state index contributed by atoms with van der Waals surface area (Å²) < 4.78 is 1.80. The van der Waals surface area contributed by atoms with Gasteiger partial charge in [0.2, 0.25) is 0 Å². The van der Waals surface area contributed by atoms with Crippen LogP contribution in [0.25, 0.3) is 33.3 Å². The molecule has 26 heavy (non-hydrogen) atoms. The summed E-state index contributed by atoms with van der Waals surface area (Å²) >= 11 is 0. The Balaban J connectivity index is 1.65. The molecular formula is C22H21N3O. The molecule has 2 heterocycles. The van der Waals surface area contributed by atoms with Gasteiger partial charge in [-0.25, -0.2) is 0 Å². The monoisotopic (exact) mass is 343 g/mol. The summed E-state index contributed by atoms with van der Waals surface area (Å²) in [7, 11) is 0. The second-order valence-corrected chi connectivity index (χ2v) is 6.48. The third-order valence-corrected chi connectivity index (χ3v) is 4.59. The molecule has 4 nitrogen and oxygen atoms in total. The number of benzene rings is 2. The van der Waals surface area contributed by atoms with Crippen LogP contribution >= 0.6 is 0 Å². The minimum absolute atomic E-state index is 0.363. The molecule has 0 radical (unpaired) electrons. The van der Waals surface area contributed by atoms with Crippen LogP contribution in [0.3, 0.4) is 0 Å². The summed E-state index contributed by atoms with van der Waals surface area (Å²) in [6, 6.07) is 20.6. The van der Waals surface area contributed by atoms with E-state index in [0.29, 0.717) is 6.54 Å². The summed E-state index contributed by atoms with van der Waals surface area (Å²) in [6.07, 6.45) is 4.19. The Morgan fingerprint density at radius 1 is 0.962 bits per heavy atom. The highest BCUT2D eigenvalue weighted by Gasteiger charge is 2.08. The van der Waals surface area contributed by atoms with Crippen LogP contribution in [0.5, 0.6) is 0 Å². The van der Waals surface area contributed by atoms with Crippen LogP contribution in [-0.4, -0.2) is 26.0 Å². The fraction of sp³-hybridized carbons (Fsp3) is 0.182. The third kappa shape index (κ3) is 3.37. The smallest absolute Gasteiger partial charge is 0.0923 e. The minimum atomic E-state index is -0.363. The maximum Gasteiger partial charge on any atom is 0.0923 e. The second-order valence-electron chi connectivity index (χ2n) is 6.48. The number of pyridine rings is 1. The van der Waals surface area contributed by atoms with Gasteiger partial charge in [0.25, 0.3) is 0 Å². The zero-order chi connectivity index (χ0) is 17.9. The summed E-state index contributed by atoms with van der Waals surface area (Å²) in [5, 5.41) is 15.5. The SMILES string of the molecule is CCC(O)Cn1ccc(-c2cccc(-c3cnc4ccccc4c3)c2)n1. The van der Waals surface area contributed by atoms with Gasteiger partial charge in [-0.2, -0.15) is 5.10 Å². The van der Waals surface area contributed by atoms with Gasteiger partial charge in [-0.15, -0.1) is 0 Å². The van der Waals surface area contributed by atoms with E-state index in [-0.39, 0.29) is 6.10 Å². The number of nitrogens with zero attached hydrogens (tertiary/aromatic N) is 3. The van der Waals surface area contributed by atoms with Crippen LogP contribution in [0.15, 0.2) is 73.1 Å². The molecule has 0 spiro atoms. The number of hydrogen-bond acceptors (Lipinski definition) is 3. The quantitative estimate of drug-likeness (QED) is 0.579. The molecule has 0 aliphatic carbocycles. The lowest BCUT2D eigenvalue weighted by Gasteiger charge is -2.07. The van der Waals surface area contributed by atoms with Crippen molar-refractivity contribution in [1.29, 1.82) is 0 Å². The van der Waals surface area contributed by atoms with E-state index >= 15 is 0 Å². The molecule has 0 fully saturated rings. The second kappa shape index (κ2) is 7.10. The average molecular weight is 343 g/mol. The van der Waals surface area contributed by atoms with E-state index in [1.807, 2.05) is 49.6 Å². The van der Waals surface area contributed by atoms with Crippen molar-refractivity contribution in [3.63, 3.8) is 0 Å². The molecule has 0 saturated carbocycles. The van der Waals surface area contributed by atoms with Crippen molar-refractivity contribution < 1.29 is 5.11 Å². The van der Waals surface area contributed by atoms with Gasteiger partial charge < -0.3 is 5.11 Å². The first-order valence-corrected chi connectivity index (χ1v) is 8.90.